The van der Waals surface area contributed by atoms with Crippen LogP contribution in [0.2, 0.25) is 5.02 Å². The second kappa shape index (κ2) is 10.6. The maximum Gasteiger partial charge on any atom is 0.329 e. The van der Waals surface area contributed by atoms with Crippen molar-refractivity contribution in [3.05, 3.63) is 99.7 Å². The van der Waals surface area contributed by atoms with Crippen LogP contribution in [0.25, 0.3) is 6.08 Å². The molecule has 35 heavy (non-hydrogen) atoms. The van der Waals surface area contributed by atoms with Gasteiger partial charge in [-0.3, -0.25) is 9.69 Å². The van der Waals surface area contributed by atoms with Gasteiger partial charge in [-0.1, -0.05) is 35.9 Å². The molecule has 1 heterocycles. The first-order valence-electron chi connectivity index (χ1n) is 10.8. The van der Waals surface area contributed by atoms with E-state index in [0.717, 1.165) is 10.5 Å². The molecule has 3 aromatic carbocycles. The minimum atomic E-state index is -0.582. The van der Waals surface area contributed by atoms with Crippen LogP contribution in [-0.4, -0.2) is 23.4 Å². The fourth-order valence-corrected chi connectivity index (χ4v) is 3.74. The van der Waals surface area contributed by atoms with Crippen molar-refractivity contribution in [1.82, 2.24) is 10.2 Å². The molecule has 1 aliphatic rings. The van der Waals surface area contributed by atoms with Crippen LogP contribution in [0.5, 0.6) is 11.5 Å². The van der Waals surface area contributed by atoms with Crippen LogP contribution in [0.1, 0.15) is 23.6 Å². The molecule has 0 unspecified atom stereocenters. The number of carbonyl (C=O) groups excluding carboxylic acids is 2. The Balaban J connectivity index is 1.54. The van der Waals surface area contributed by atoms with Crippen LogP contribution < -0.4 is 14.8 Å². The van der Waals surface area contributed by atoms with E-state index >= 15 is 0 Å². The van der Waals surface area contributed by atoms with Crippen LogP contribution in [0.15, 0.2) is 66.4 Å². The molecule has 4 rings (SSSR count). The van der Waals surface area contributed by atoms with Gasteiger partial charge in [0.2, 0.25) is 0 Å². The number of benzene rings is 3. The molecule has 6 nitrogen and oxygen atoms in total. The van der Waals surface area contributed by atoms with E-state index in [0.29, 0.717) is 29.2 Å². The lowest BCUT2D eigenvalue weighted by Crippen LogP contribution is -2.30. The van der Waals surface area contributed by atoms with E-state index in [1.165, 1.54) is 42.5 Å². The molecule has 3 amide bonds. The lowest BCUT2D eigenvalue weighted by atomic mass is 10.1. The number of hydrogen-bond donors (Lipinski definition) is 1. The SMILES string of the molecule is CCOc1cc(/C=C2/NC(=O)N(Cc3ccc(F)cc3)C2=O)cc(Cl)c1OCc1ccc(F)cc1. The molecule has 180 valence electrons. The summed E-state index contributed by atoms with van der Waals surface area (Å²) in [5.74, 6) is -0.610. The third kappa shape index (κ3) is 5.78. The third-order valence-corrected chi connectivity index (χ3v) is 5.44. The molecule has 3 aromatic rings. The van der Waals surface area contributed by atoms with E-state index in [-0.39, 0.29) is 29.7 Å². The summed E-state index contributed by atoms with van der Waals surface area (Å²) in [6.07, 6.45) is 1.49. The van der Waals surface area contributed by atoms with Crippen molar-refractivity contribution in [3.8, 4) is 11.5 Å². The van der Waals surface area contributed by atoms with E-state index < -0.39 is 17.8 Å². The summed E-state index contributed by atoms with van der Waals surface area (Å²) >= 11 is 6.45. The van der Waals surface area contributed by atoms with Gasteiger partial charge < -0.3 is 14.8 Å². The molecule has 0 bridgehead atoms. The minimum absolute atomic E-state index is 0.00338. The summed E-state index contributed by atoms with van der Waals surface area (Å²) in [5, 5.41) is 2.79. The fraction of sp³-hybridized carbons (Fsp3) is 0.154. The van der Waals surface area contributed by atoms with Gasteiger partial charge in [-0.15, -0.1) is 0 Å². The van der Waals surface area contributed by atoms with Crippen LogP contribution >= 0.6 is 11.6 Å². The predicted molar refractivity (Wildman–Crippen MR) is 127 cm³/mol. The van der Waals surface area contributed by atoms with E-state index in [1.807, 2.05) is 0 Å². The van der Waals surface area contributed by atoms with Crippen LogP contribution in [0.3, 0.4) is 0 Å². The van der Waals surface area contributed by atoms with Crippen LogP contribution in [-0.2, 0) is 17.9 Å². The molecular formula is C26H21ClF2N2O4. The van der Waals surface area contributed by atoms with Crippen molar-refractivity contribution in [3.63, 3.8) is 0 Å². The second-order valence-corrected chi connectivity index (χ2v) is 8.09. The molecular weight excluding hydrogens is 478 g/mol. The summed E-state index contributed by atoms with van der Waals surface area (Å²) in [6, 6.07) is 14.1. The molecule has 1 aliphatic heterocycles. The highest BCUT2D eigenvalue weighted by atomic mass is 35.5. The quantitative estimate of drug-likeness (QED) is 0.320. The Labute approximate surface area is 205 Å². The largest absolute Gasteiger partial charge is 0.490 e. The van der Waals surface area contributed by atoms with E-state index in [2.05, 4.69) is 5.32 Å². The molecule has 0 aromatic heterocycles. The number of hydrogen-bond acceptors (Lipinski definition) is 4. The van der Waals surface area contributed by atoms with E-state index in [4.69, 9.17) is 21.1 Å². The molecule has 1 fully saturated rings. The number of carbonyl (C=O) groups is 2. The molecule has 1 saturated heterocycles. The summed E-state index contributed by atoms with van der Waals surface area (Å²) in [4.78, 5) is 26.2. The number of rotatable bonds is 8. The fourth-order valence-electron chi connectivity index (χ4n) is 3.46. The minimum Gasteiger partial charge on any atom is -0.490 e. The van der Waals surface area contributed by atoms with Gasteiger partial charge in [-0.2, -0.15) is 0 Å². The highest BCUT2D eigenvalue weighted by Gasteiger charge is 2.33. The van der Waals surface area contributed by atoms with Gasteiger partial charge in [0.15, 0.2) is 11.5 Å². The number of imide groups is 1. The highest BCUT2D eigenvalue weighted by Crippen LogP contribution is 2.38. The second-order valence-electron chi connectivity index (χ2n) is 7.68. The smallest absolute Gasteiger partial charge is 0.329 e. The van der Waals surface area contributed by atoms with E-state index in [9.17, 15) is 18.4 Å². The Morgan fingerprint density at radius 2 is 1.57 bits per heavy atom. The molecule has 0 saturated carbocycles. The van der Waals surface area contributed by atoms with Gasteiger partial charge in [0.05, 0.1) is 18.2 Å². The summed E-state index contributed by atoms with van der Waals surface area (Å²) in [6.45, 7) is 2.29. The average molecular weight is 499 g/mol. The lowest BCUT2D eigenvalue weighted by molar-refractivity contribution is -0.123. The molecule has 0 atom stereocenters. The maximum absolute atomic E-state index is 13.1. The topological polar surface area (TPSA) is 67.9 Å². The Bertz CT molecular complexity index is 1280. The summed E-state index contributed by atoms with van der Waals surface area (Å²) < 4.78 is 37.8. The molecule has 0 spiro atoms. The van der Waals surface area contributed by atoms with Gasteiger partial charge in [0.25, 0.3) is 5.91 Å². The Morgan fingerprint density at radius 3 is 2.20 bits per heavy atom. The molecule has 9 heteroatoms. The number of halogens is 3. The van der Waals surface area contributed by atoms with Crippen molar-refractivity contribution in [2.45, 2.75) is 20.1 Å². The number of nitrogens with zero attached hydrogens (tertiary/aromatic N) is 1. The van der Waals surface area contributed by atoms with Gasteiger partial charge in [-0.05, 0) is 66.1 Å². The Kier molecular flexibility index (Phi) is 7.31. The molecule has 0 aliphatic carbocycles. The van der Waals surface area contributed by atoms with Crippen molar-refractivity contribution in [2.24, 2.45) is 0 Å². The van der Waals surface area contributed by atoms with Crippen molar-refractivity contribution < 1.29 is 27.8 Å². The van der Waals surface area contributed by atoms with Gasteiger partial charge >= 0.3 is 6.03 Å². The number of nitrogens with one attached hydrogen (secondary N) is 1. The third-order valence-electron chi connectivity index (χ3n) is 5.16. The predicted octanol–water partition coefficient (Wildman–Crippen LogP) is 5.69. The van der Waals surface area contributed by atoms with Crippen molar-refractivity contribution in [1.29, 1.82) is 0 Å². The standard InChI is InChI=1S/C26H21ClF2N2O4/c1-2-34-23-13-18(11-21(27)24(23)35-15-17-5-9-20(29)10-6-17)12-22-25(32)31(26(33)30-22)14-16-3-7-19(28)8-4-16/h3-13H,2,14-15H2,1H3,(H,30,33)/b22-12+. The van der Waals surface area contributed by atoms with Gasteiger partial charge in [0.1, 0.15) is 23.9 Å². The molecule has 1 N–H and O–H groups in total. The Morgan fingerprint density at radius 1 is 0.943 bits per heavy atom. The zero-order valence-electron chi connectivity index (χ0n) is 18.7. The van der Waals surface area contributed by atoms with Crippen LogP contribution in [0.4, 0.5) is 13.6 Å². The summed E-state index contributed by atoms with van der Waals surface area (Å²) in [7, 11) is 0. The first-order chi connectivity index (χ1) is 16.8. The van der Waals surface area contributed by atoms with Gasteiger partial charge in [0, 0.05) is 0 Å². The number of urea groups is 1. The Hall–Kier alpha value is -3.91. The van der Waals surface area contributed by atoms with Crippen molar-refractivity contribution >= 4 is 29.6 Å². The molecule has 0 radical (unpaired) electrons. The number of amides is 3. The zero-order chi connectivity index (χ0) is 24.9. The van der Waals surface area contributed by atoms with Gasteiger partial charge in [-0.25, -0.2) is 13.6 Å². The zero-order valence-corrected chi connectivity index (χ0v) is 19.4. The van der Waals surface area contributed by atoms with Crippen molar-refractivity contribution in [2.75, 3.05) is 6.61 Å². The highest BCUT2D eigenvalue weighted by molar-refractivity contribution is 6.32. The van der Waals surface area contributed by atoms with Crippen LogP contribution in [0, 0.1) is 11.6 Å². The average Bonchev–Trinajstić information content (AvgIpc) is 3.08. The monoisotopic (exact) mass is 498 g/mol. The maximum atomic E-state index is 13.1. The van der Waals surface area contributed by atoms with E-state index in [1.54, 1.807) is 31.2 Å². The normalized spacial score (nSPS) is 14.4. The lowest BCUT2D eigenvalue weighted by Gasteiger charge is -2.15. The summed E-state index contributed by atoms with van der Waals surface area (Å²) in [5.41, 5.74) is 1.94. The first-order valence-corrected chi connectivity index (χ1v) is 11.1. The number of ether oxygens (including phenoxy) is 2. The first kappa shape index (κ1) is 24.2.